The molecule has 1 aliphatic carbocycles. The number of aryl methyl sites for hydroxylation is 1. The highest BCUT2D eigenvalue weighted by Gasteiger charge is 2.39. The second kappa shape index (κ2) is 12.0. The number of rotatable bonds is 12. The summed E-state index contributed by atoms with van der Waals surface area (Å²) < 4.78 is 34.5. The van der Waals surface area contributed by atoms with Crippen molar-refractivity contribution in [1.29, 1.82) is 0 Å². The molecule has 1 atom stereocenters. The lowest BCUT2D eigenvalue weighted by Crippen LogP contribution is -2.28. The molecule has 1 unspecified atom stereocenters. The van der Waals surface area contributed by atoms with Gasteiger partial charge in [-0.3, -0.25) is 4.72 Å². The third kappa shape index (κ3) is 6.25. The molecule has 5 rings (SSSR count). The molecule has 41 heavy (non-hydrogen) atoms. The lowest BCUT2D eigenvalue weighted by Gasteiger charge is -2.31. The van der Waals surface area contributed by atoms with Gasteiger partial charge in [-0.2, -0.15) is 0 Å². The van der Waals surface area contributed by atoms with E-state index >= 15 is 0 Å². The van der Waals surface area contributed by atoms with Gasteiger partial charge in [-0.05, 0) is 79.8 Å². The minimum Gasteiger partial charge on any atom is -0.507 e. The smallest absolute Gasteiger partial charge is 0.343 e. The minimum atomic E-state index is -3.77. The van der Waals surface area contributed by atoms with Crippen molar-refractivity contribution in [1.82, 2.24) is 0 Å². The summed E-state index contributed by atoms with van der Waals surface area (Å²) in [6.07, 6.45) is 5.00. The van der Waals surface area contributed by atoms with Gasteiger partial charge in [-0.15, -0.1) is 0 Å². The molecular formula is C34H37NO5S. The van der Waals surface area contributed by atoms with Gasteiger partial charge in [0, 0.05) is 23.1 Å². The first-order valence-electron chi connectivity index (χ1n) is 14.4. The summed E-state index contributed by atoms with van der Waals surface area (Å²) in [5.74, 6) is 0.220. The Balaban J connectivity index is 1.47. The number of sulfonamides is 1. The lowest BCUT2D eigenvalue weighted by molar-refractivity contribution is 0.271. The van der Waals surface area contributed by atoms with Crippen LogP contribution in [0, 0.1) is 5.92 Å². The van der Waals surface area contributed by atoms with Crippen LogP contribution in [0.3, 0.4) is 0 Å². The summed E-state index contributed by atoms with van der Waals surface area (Å²) in [5.41, 5.74) is 1.71. The second-order valence-corrected chi connectivity index (χ2v) is 12.7. The highest BCUT2D eigenvalue weighted by atomic mass is 32.2. The molecule has 1 aromatic heterocycles. The minimum absolute atomic E-state index is 0.0607. The number of benzene rings is 3. The fraction of sp³-hybridized carbons (Fsp3) is 0.324. The van der Waals surface area contributed by atoms with E-state index in [2.05, 4.69) is 30.7 Å². The number of aromatic hydroxyl groups is 1. The zero-order chi connectivity index (χ0) is 29.0. The first kappa shape index (κ1) is 28.7. The van der Waals surface area contributed by atoms with Crippen LogP contribution in [-0.2, 0) is 21.9 Å². The molecule has 4 aromatic rings. The molecule has 3 aromatic carbocycles. The monoisotopic (exact) mass is 571 g/mol. The Kier molecular flexibility index (Phi) is 8.36. The van der Waals surface area contributed by atoms with E-state index in [-0.39, 0.29) is 27.5 Å². The average Bonchev–Trinajstić information content (AvgIpc) is 3.82. The average molecular weight is 572 g/mol. The van der Waals surface area contributed by atoms with Gasteiger partial charge in [0.15, 0.2) is 0 Å². The second-order valence-electron chi connectivity index (χ2n) is 11.0. The van der Waals surface area contributed by atoms with Crippen molar-refractivity contribution in [2.75, 3.05) is 4.72 Å². The van der Waals surface area contributed by atoms with Crippen molar-refractivity contribution in [3.05, 3.63) is 124 Å². The van der Waals surface area contributed by atoms with E-state index in [1.807, 2.05) is 24.3 Å². The van der Waals surface area contributed by atoms with E-state index in [1.54, 1.807) is 42.5 Å². The van der Waals surface area contributed by atoms with Crippen molar-refractivity contribution in [3.63, 3.8) is 0 Å². The highest BCUT2D eigenvalue weighted by molar-refractivity contribution is 7.92. The Bertz CT molecular complexity index is 1640. The van der Waals surface area contributed by atoms with Crippen LogP contribution in [0.1, 0.15) is 74.3 Å². The summed E-state index contributed by atoms with van der Waals surface area (Å²) in [6.45, 7) is 4.18. The first-order chi connectivity index (χ1) is 19.8. The number of hydrogen-bond donors (Lipinski definition) is 2. The molecule has 0 saturated heterocycles. The Morgan fingerprint density at radius 2 is 1.59 bits per heavy atom. The quantitative estimate of drug-likeness (QED) is 0.185. The fourth-order valence-electron chi connectivity index (χ4n) is 5.86. The maximum atomic E-state index is 13.6. The predicted molar refractivity (Wildman–Crippen MR) is 162 cm³/mol. The third-order valence-corrected chi connectivity index (χ3v) is 9.93. The van der Waals surface area contributed by atoms with Crippen LogP contribution in [0.15, 0.2) is 105 Å². The van der Waals surface area contributed by atoms with E-state index in [4.69, 9.17) is 4.42 Å². The molecule has 1 aliphatic rings. The molecular weight excluding hydrogens is 534 g/mol. The van der Waals surface area contributed by atoms with Crippen molar-refractivity contribution in [2.45, 2.75) is 68.6 Å². The molecule has 0 aliphatic heterocycles. The molecule has 0 radical (unpaired) electrons. The molecule has 1 fully saturated rings. The normalized spacial score (nSPS) is 14.5. The zero-order valence-electron chi connectivity index (χ0n) is 23.5. The van der Waals surface area contributed by atoms with Gasteiger partial charge in [-0.1, -0.05) is 74.5 Å². The Morgan fingerprint density at radius 3 is 2.20 bits per heavy atom. The highest BCUT2D eigenvalue weighted by Crippen LogP contribution is 2.49. The summed E-state index contributed by atoms with van der Waals surface area (Å²) in [4.78, 5) is 13.8. The standard InChI is InChI=1S/C34H37NO5S/c1-3-34(4-2,21-20-24-12-7-5-8-13-24)30-23-29(36)32(33(37)40-30)31(25-18-19-25)26-14-11-15-27(22-26)35-41(38,39)28-16-9-6-10-17-28/h5-17,22-23,25,31,35-36H,3-4,18-21H2,1-2H3. The van der Waals surface area contributed by atoms with Crippen molar-refractivity contribution < 1.29 is 17.9 Å². The number of nitrogens with one attached hydrogen (secondary N) is 1. The topological polar surface area (TPSA) is 96.6 Å². The largest absolute Gasteiger partial charge is 0.507 e. The fourth-order valence-corrected chi connectivity index (χ4v) is 6.93. The van der Waals surface area contributed by atoms with Crippen LogP contribution in [0.5, 0.6) is 5.75 Å². The van der Waals surface area contributed by atoms with E-state index in [9.17, 15) is 18.3 Å². The summed E-state index contributed by atoms with van der Waals surface area (Å²) in [5, 5.41) is 11.4. The Labute approximate surface area is 242 Å². The maximum Gasteiger partial charge on any atom is 0.343 e. The van der Waals surface area contributed by atoms with Crippen LogP contribution in [0.2, 0.25) is 0 Å². The van der Waals surface area contributed by atoms with Crippen LogP contribution < -0.4 is 10.3 Å². The van der Waals surface area contributed by atoms with Crippen LogP contribution in [0.25, 0.3) is 0 Å². The van der Waals surface area contributed by atoms with Crippen LogP contribution >= 0.6 is 0 Å². The maximum absolute atomic E-state index is 13.6. The SMILES string of the molecule is CCC(CC)(CCc1ccccc1)c1cc(O)c(C(c2cccc(NS(=O)(=O)c3ccccc3)c2)C2CC2)c(=O)o1. The van der Waals surface area contributed by atoms with Crippen molar-refractivity contribution in [2.24, 2.45) is 5.92 Å². The van der Waals surface area contributed by atoms with Gasteiger partial charge in [0.2, 0.25) is 0 Å². The van der Waals surface area contributed by atoms with Gasteiger partial charge < -0.3 is 9.52 Å². The Morgan fingerprint density at radius 1 is 0.927 bits per heavy atom. The van der Waals surface area contributed by atoms with E-state index in [0.717, 1.165) is 44.1 Å². The van der Waals surface area contributed by atoms with Gasteiger partial charge in [0.05, 0.1) is 10.5 Å². The summed E-state index contributed by atoms with van der Waals surface area (Å²) >= 11 is 0. The van der Waals surface area contributed by atoms with Crippen molar-refractivity contribution in [3.8, 4) is 5.75 Å². The molecule has 1 saturated carbocycles. The van der Waals surface area contributed by atoms with Crippen molar-refractivity contribution >= 4 is 15.7 Å². The zero-order valence-corrected chi connectivity index (χ0v) is 24.4. The summed E-state index contributed by atoms with van der Waals surface area (Å²) in [7, 11) is -3.77. The molecule has 214 valence electrons. The van der Waals surface area contributed by atoms with E-state index < -0.39 is 21.6 Å². The Hall–Kier alpha value is -3.84. The van der Waals surface area contributed by atoms with Gasteiger partial charge in [0.25, 0.3) is 10.0 Å². The van der Waals surface area contributed by atoms with Crippen LogP contribution in [0.4, 0.5) is 5.69 Å². The predicted octanol–water partition coefficient (Wildman–Crippen LogP) is 7.38. The molecule has 0 bridgehead atoms. The molecule has 0 spiro atoms. The molecule has 6 nitrogen and oxygen atoms in total. The van der Waals surface area contributed by atoms with E-state index in [0.29, 0.717) is 11.4 Å². The van der Waals surface area contributed by atoms with Gasteiger partial charge >= 0.3 is 5.63 Å². The number of hydrogen-bond acceptors (Lipinski definition) is 5. The molecule has 7 heteroatoms. The first-order valence-corrected chi connectivity index (χ1v) is 15.8. The molecule has 1 heterocycles. The lowest BCUT2D eigenvalue weighted by atomic mass is 9.74. The molecule has 2 N–H and O–H groups in total. The molecule has 0 amide bonds. The van der Waals surface area contributed by atoms with Gasteiger partial charge in [0.1, 0.15) is 11.5 Å². The van der Waals surface area contributed by atoms with Crippen LogP contribution in [-0.4, -0.2) is 13.5 Å². The van der Waals surface area contributed by atoms with Gasteiger partial charge in [-0.25, -0.2) is 13.2 Å². The number of anilines is 1. The van der Waals surface area contributed by atoms with E-state index in [1.165, 1.54) is 17.7 Å². The summed E-state index contributed by atoms with van der Waals surface area (Å²) in [6, 6.07) is 27.1. The third-order valence-electron chi connectivity index (χ3n) is 8.53.